The summed E-state index contributed by atoms with van der Waals surface area (Å²) in [5.41, 5.74) is 1.08. The molecule has 0 spiro atoms. The van der Waals surface area contributed by atoms with Gasteiger partial charge < -0.3 is 5.32 Å². The first-order valence-corrected chi connectivity index (χ1v) is 8.56. The van der Waals surface area contributed by atoms with Gasteiger partial charge in [-0.05, 0) is 56.1 Å². The van der Waals surface area contributed by atoms with E-state index in [0.717, 1.165) is 17.2 Å². The maximum absolute atomic E-state index is 13.3. The fraction of sp³-hybridized carbons (Fsp3) is 0.625. The molecule has 1 aromatic rings. The molecular formula is C16H24FNS. The van der Waals surface area contributed by atoms with Crippen LogP contribution in [0.5, 0.6) is 0 Å². The largest absolute Gasteiger partial charge is 0.307 e. The van der Waals surface area contributed by atoms with Crippen molar-refractivity contribution in [3.05, 3.63) is 35.6 Å². The molecule has 0 radical (unpaired) electrons. The van der Waals surface area contributed by atoms with E-state index in [1.165, 1.54) is 31.7 Å². The van der Waals surface area contributed by atoms with Gasteiger partial charge in [0, 0.05) is 17.3 Å². The van der Waals surface area contributed by atoms with E-state index in [4.69, 9.17) is 0 Å². The molecule has 1 fully saturated rings. The van der Waals surface area contributed by atoms with Crippen LogP contribution in [0.25, 0.3) is 0 Å². The van der Waals surface area contributed by atoms with Gasteiger partial charge in [-0.3, -0.25) is 0 Å². The van der Waals surface area contributed by atoms with Crippen LogP contribution in [0.2, 0.25) is 0 Å². The molecule has 1 aliphatic rings. The van der Waals surface area contributed by atoms with Crippen LogP contribution in [0.4, 0.5) is 4.39 Å². The van der Waals surface area contributed by atoms with E-state index in [9.17, 15) is 4.39 Å². The summed E-state index contributed by atoms with van der Waals surface area (Å²) in [6, 6.07) is 7.88. The van der Waals surface area contributed by atoms with E-state index < -0.39 is 0 Å². The van der Waals surface area contributed by atoms with Gasteiger partial charge in [-0.25, -0.2) is 4.39 Å². The fourth-order valence-corrected chi connectivity index (χ4v) is 3.67. The maximum atomic E-state index is 13.3. The van der Waals surface area contributed by atoms with Crippen molar-refractivity contribution in [3.8, 4) is 0 Å². The maximum Gasteiger partial charge on any atom is 0.123 e. The minimum absolute atomic E-state index is 0.135. The van der Waals surface area contributed by atoms with Crippen LogP contribution in [0.1, 0.15) is 50.6 Å². The van der Waals surface area contributed by atoms with Gasteiger partial charge in [0.15, 0.2) is 0 Å². The Morgan fingerprint density at radius 3 is 2.63 bits per heavy atom. The summed E-state index contributed by atoms with van der Waals surface area (Å²) in [4.78, 5) is 0. The molecule has 1 saturated carbocycles. The van der Waals surface area contributed by atoms with Crippen LogP contribution in [-0.4, -0.2) is 17.5 Å². The third-order valence-electron chi connectivity index (χ3n) is 4.10. The first-order valence-electron chi connectivity index (χ1n) is 7.27. The smallest absolute Gasteiger partial charge is 0.123 e. The third kappa shape index (κ3) is 4.22. The van der Waals surface area contributed by atoms with Gasteiger partial charge in [0.2, 0.25) is 0 Å². The number of hydrogen-bond acceptors (Lipinski definition) is 2. The average Bonchev–Trinajstić information content (AvgIpc) is 2.45. The molecule has 0 heterocycles. The van der Waals surface area contributed by atoms with Crippen molar-refractivity contribution in [1.82, 2.24) is 5.32 Å². The molecule has 1 aliphatic carbocycles. The predicted molar refractivity (Wildman–Crippen MR) is 82.1 cm³/mol. The normalized spacial score (nSPS) is 25.2. The fourth-order valence-electron chi connectivity index (χ4n) is 2.92. The van der Waals surface area contributed by atoms with Crippen LogP contribution < -0.4 is 5.32 Å². The average molecular weight is 281 g/mol. The molecule has 2 rings (SSSR count). The minimum Gasteiger partial charge on any atom is -0.307 e. The predicted octanol–water partition coefficient (Wildman–Crippen LogP) is 4.54. The summed E-state index contributed by atoms with van der Waals surface area (Å²) in [5, 5.41) is 4.56. The first-order chi connectivity index (χ1) is 9.22. The molecule has 1 aromatic carbocycles. The quantitative estimate of drug-likeness (QED) is 0.850. The second-order valence-corrected chi connectivity index (χ2v) is 6.53. The van der Waals surface area contributed by atoms with E-state index in [1.54, 1.807) is 12.1 Å². The number of nitrogens with one attached hydrogen (secondary N) is 1. The topological polar surface area (TPSA) is 12.0 Å². The van der Waals surface area contributed by atoms with Gasteiger partial charge in [-0.15, -0.1) is 0 Å². The van der Waals surface area contributed by atoms with E-state index in [1.807, 2.05) is 17.8 Å². The van der Waals surface area contributed by atoms with E-state index >= 15 is 0 Å². The highest BCUT2D eigenvalue weighted by atomic mass is 32.2. The van der Waals surface area contributed by atoms with Crippen molar-refractivity contribution in [2.24, 2.45) is 0 Å². The lowest BCUT2D eigenvalue weighted by atomic mass is 9.93. The molecule has 0 aliphatic heterocycles. The lowest BCUT2D eigenvalue weighted by molar-refractivity contribution is 0.338. The highest BCUT2D eigenvalue weighted by molar-refractivity contribution is 7.99. The lowest BCUT2D eigenvalue weighted by Crippen LogP contribution is -2.36. The molecule has 1 nitrogen and oxygen atoms in total. The van der Waals surface area contributed by atoms with Crippen molar-refractivity contribution in [2.45, 2.75) is 56.4 Å². The molecule has 106 valence electrons. The van der Waals surface area contributed by atoms with Crippen molar-refractivity contribution in [2.75, 3.05) is 6.26 Å². The number of halogens is 1. The van der Waals surface area contributed by atoms with Crippen molar-refractivity contribution >= 4 is 11.8 Å². The summed E-state index contributed by atoms with van der Waals surface area (Å²) < 4.78 is 13.3. The summed E-state index contributed by atoms with van der Waals surface area (Å²) >= 11 is 1.99. The summed E-state index contributed by atoms with van der Waals surface area (Å²) in [7, 11) is 0. The monoisotopic (exact) mass is 281 g/mol. The Hall–Kier alpha value is -0.540. The van der Waals surface area contributed by atoms with Crippen LogP contribution in [0.3, 0.4) is 0 Å². The van der Waals surface area contributed by atoms with Crippen LogP contribution in [-0.2, 0) is 0 Å². The van der Waals surface area contributed by atoms with Gasteiger partial charge in [0.25, 0.3) is 0 Å². The van der Waals surface area contributed by atoms with Gasteiger partial charge in [-0.2, -0.15) is 11.8 Å². The van der Waals surface area contributed by atoms with Crippen molar-refractivity contribution in [3.63, 3.8) is 0 Å². The SMILES string of the molecule is CCC(NC1CCC(SC)CC1)c1cccc(F)c1. The van der Waals surface area contributed by atoms with E-state index in [-0.39, 0.29) is 11.9 Å². The van der Waals surface area contributed by atoms with Gasteiger partial charge >= 0.3 is 0 Å². The second kappa shape index (κ2) is 7.30. The minimum atomic E-state index is -0.135. The zero-order valence-electron chi connectivity index (χ0n) is 11.9. The molecule has 3 heteroatoms. The number of thioether (sulfide) groups is 1. The summed E-state index contributed by atoms with van der Waals surface area (Å²) in [6.07, 6.45) is 8.32. The molecule has 0 saturated heterocycles. The molecular weight excluding hydrogens is 257 g/mol. The Morgan fingerprint density at radius 1 is 1.32 bits per heavy atom. The Bertz CT molecular complexity index is 388. The standard InChI is InChI=1S/C16H24FNS/c1-3-16(12-5-4-6-13(17)11-12)18-14-7-9-15(19-2)10-8-14/h4-6,11,14-16,18H,3,7-10H2,1-2H3. The third-order valence-corrected chi connectivity index (χ3v) is 5.24. The molecule has 19 heavy (non-hydrogen) atoms. The molecule has 1 N–H and O–H groups in total. The molecule has 0 aromatic heterocycles. The molecule has 0 bridgehead atoms. The van der Waals surface area contributed by atoms with E-state index in [0.29, 0.717) is 6.04 Å². The number of rotatable bonds is 5. The zero-order chi connectivity index (χ0) is 13.7. The van der Waals surface area contributed by atoms with Gasteiger partial charge in [0.05, 0.1) is 0 Å². The first kappa shape index (κ1) is 14.9. The Balaban J connectivity index is 1.93. The Morgan fingerprint density at radius 2 is 2.05 bits per heavy atom. The van der Waals surface area contributed by atoms with Gasteiger partial charge in [-0.1, -0.05) is 19.1 Å². The zero-order valence-corrected chi connectivity index (χ0v) is 12.7. The van der Waals surface area contributed by atoms with Crippen molar-refractivity contribution < 1.29 is 4.39 Å². The van der Waals surface area contributed by atoms with Gasteiger partial charge in [0.1, 0.15) is 5.82 Å². The molecule has 1 atom stereocenters. The number of benzene rings is 1. The van der Waals surface area contributed by atoms with Crippen LogP contribution in [0.15, 0.2) is 24.3 Å². The Kier molecular flexibility index (Phi) is 5.71. The van der Waals surface area contributed by atoms with Crippen molar-refractivity contribution in [1.29, 1.82) is 0 Å². The second-order valence-electron chi connectivity index (χ2n) is 5.39. The lowest BCUT2D eigenvalue weighted by Gasteiger charge is -2.31. The molecule has 1 unspecified atom stereocenters. The highest BCUT2D eigenvalue weighted by Crippen LogP contribution is 2.29. The summed E-state index contributed by atoms with van der Waals surface area (Å²) in [6.45, 7) is 2.16. The Labute approximate surface area is 120 Å². The summed E-state index contributed by atoms with van der Waals surface area (Å²) in [5.74, 6) is -0.135. The van der Waals surface area contributed by atoms with Crippen LogP contribution >= 0.6 is 11.8 Å². The van der Waals surface area contributed by atoms with E-state index in [2.05, 4.69) is 18.5 Å². The highest BCUT2D eigenvalue weighted by Gasteiger charge is 2.22. The van der Waals surface area contributed by atoms with Crippen LogP contribution in [0, 0.1) is 5.82 Å². The number of hydrogen-bond donors (Lipinski definition) is 1. The molecule has 0 amide bonds.